The van der Waals surface area contributed by atoms with E-state index in [0.29, 0.717) is 5.69 Å². The number of benzene rings is 1. The Morgan fingerprint density at radius 1 is 1.42 bits per heavy atom. The third-order valence-corrected chi connectivity index (χ3v) is 2.63. The van der Waals surface area contributed by atoms with Crippen LogP contribution in [-0.2, 0) is 0 Å². The predicted molar refractivity (Wildman–Crippen MR) is 70.6 cm³/mol. The highest BCUT2D eigenvalue weighted by Crippen LogP contribution is 2.26. The maximum absolute atomic E-state index is 13.7. The summed E-state index contributed by atoms with van der Waals surface area (Å²) in [5.74, 6) is -0.355. The van der Waals surface area contributed by atoms with Gasteiger partial charge in [0.2, 0.25) is 5.28 Å². The summed E-state index contributed by atoms with van der Waals surface area (Å²) in [7, 11) is 0. The first-order chi connectivity index (χ1) is 9.01. The Morgan fingerprint density at radius 2 is 2.16 bits per heavy atom. The molecule has 1 heterocycles. The number of hydrogen-bond donors (Lipinski definition) is 2. The van der Waals surface area contributed by atoms with Gasteiger partial charge in [0.05, 0.1) is 28.7 Å². The predicted octanol–water partition coefficient (Wildman–Crippen LogP) is 2.78. The van der Waals surface area contributed by atoms with E-state index in [9.17, 15) is 4.39 Å². The van der Waals surface area contributed by atoms with Gasteiger partial charge in [0.15, 0.2) is 5.82 Å². The van der Waals surface area contributed by atoms with Gasteiger partial charge in [0.25, 0.3) is 0 Å². The van der Waals surface area contributed by atoms with Crippen molar-refractivity contribution in [2.75, 3.05) is 11.1 Å². The lowest BCUT2D eigenvalue weighted by molar-refractivity contribution is 0.631. The van der Waals surface area contributed by atoms with E-state index in [-0.39, 0.29) is 28.0 Å². The lowest BCUT2D eigenvalue weighted by Crippen LogP contribution is -2.05. The van der Waals surface area contributed by atoms with Crippen LogP contribution in [0.4, 0.5) is 21.6 Å². The number of halogens is 2. The minimum Gasteiger partial charge on any atom is -0.394 e. The lowest BCUT2D eigenvalue weighted by atomic mass is 10.2. The molecule has 19 heavy (non-hydrogen) atoms. The van der Waals surface area contributed by atoms with Gasteiger partial charge in [-0.15, -0.1) is 0 Å². The molecule has 0 aliphatic heterocycles. The summed E-state index contributed by atoms with van der Waals surface area (Å²) in [6.45, 7) is 1.67. The maximum Gasteiger partial charge on any atom is 0.224 e. The quantitative estimate of drug-likeness (QED) is 0.824. The van der Waals surface area contributed by atoms with Crippen molar-refractivity contribution in [1.82, 2.24) is 9.97 Å². The van der Waals surface area contributed by atoms with Crippen molar-refractivity contribution < 1.29 is 4.39 Å². The van der Waals surface area contributed by atoms with Crippen LogP contribution in [0.5, 0.6) is 0 Å². The monoisotopic (exact) mass is 277 g/mol. The van der Waals surface area contributed by atoms with Crippen LogP contribution in [0.1, 0.15) is 11.3 Å². The van der Waals surface area contributed by atoms with Crippen molar-refractivity contribution in [3.05, 3.63) is 40.6 Å². The van der Waals surface area contributed by atoms with E-state index in [4.69, 9.17) is 22.6 Å². The van der Waals surface area contributed by atoms with Gasteiger partial charge in [0.1, 0.15) is 5.82 Å². The van der Waals surface area contributed by atoms with Gasteiger partial charge >= 0.3 is 0 Å². The summed E-state index contributed by atoms with van der Waals surface area (Å²) in [6.07, 6.45) is 0. The second-order valence-electron chi connectivity index (χ2n) is 3.77. The van der Waals surface area contributed by atoms with Crippen LogP contribution in [0.3, 0.4) is 0 Å². The SMILES string of the molecule is Cc1nc(Cl)nc(Nc2ccc(C#N)cc2F)c1N. The molecule has 0 bridgehead atoms. The minimum absolute atomic E-state index is 0.0169. The van der Waals surface area contributed by atoms with Crippen LogP contribution in [0.2, 0.25) is 5.28 Å². The summed E-state index contributed by atoms with van der Waals surface area (Å²) in [5.41, 5.74) is 6.95. The normalized spacial score (nSPS) is 10.0. The third kappa shape index (κ3) is 2.72. The second kappa shape index (κ2) is 5.08. The fourth-order valence-electron chi connectivity index (χ4n) is 1.46. The van der Waals surface area contributed by atoms with Crippen molar-refractivity contribution in [2.24, 2.45) is 0 Å². The van der Waals surface area contributed by atoms with Crippen LogP contribution in [-0.4, -0.2) is 9.97 Å². The maximum atomic E-state index is 13.7. The Kier molecular flexibility index (Phi) is 3.49. The number of hydrogen-bond acceptors (Lipinski definition) is 5. The van der Waals surface area contributed by atoms with Gasteiger partial charge in [-0.25, -0.2) is 9.37 Å². The van der Waals surface area contributed by atoms with E-state index >= 15 is 0 Å². The van der Waals surface area contributed by atoms with Crippen LogP contribution >= 0.6 is 11.6 Å². The Balaban J connectivity index is 2.39. The molecule has 0 aliphatic rings. The second-order valence-corrected chi connectivity index (χ2v) is 4.11. The van der Waals surface area contributed by atoms with Crippen LogP contribution < -0.4 is 11.1 Å². The fourth-order valence-corrected chi connectivity index (χ4v) is 1.67. The first kappa shape index (κ1) is 13.1. The first-order valence-electron chi connectivity index (χ1n) is 5.27. The van der Waals surface area contributed by atoms with Crippen LogP contribution in [0, 0.1) is 24.1 Å². The summed E-state index contributed by atoms with van der Waals surface area (Å²) in [6, 6.07) is 5.88. The number of aryl methyl sites for hydroxylation is 1. The van der Waals surface area contributed by atoms with E-state index in [1.807, 2.05) is 6.07 Å². The summed E-state index contributed by atoms with van der Waals surface area (Å²) in [5, 5.41) is 11.4. The minimum atomic E-state index is -0.578. The molecule has 7 heteroatoms. The molecule has 0 saturated carbocycles. The van der Waals surface area contributed by atoms with Crippen LogP contribution in [0.25, 0.3) is 0 Å². The highest BCUT2D eigenvalue weighted by Gasteiger charge is 2.10. The van der Waals surface area contributed by atoms with Gasteiger partial charge in [-0.3, -0.25) is 0 Å². The standard InChI is InChI=1S/C12H9ClFN5/c1-6-10(16)11(19-12(13)17-6)18-9-3-2-7(5-15)4-8(9)14/h2-4H,16H2,1H3,(H,17,18,19). The van der Waals surface area contributed by atoms with Crippen molar-refractivity contribution in [1.29, 1.82) is 5.26 Å². The Bertz CT molecular complexity index is 681. The third-order valence-electron chi connectivity index (χ3n) is 2.46. The summed E-state index contributed by atoms with van der Waals surface area (Å²) >= 11 is 5.72. The smallest absolute Gasteiger partial charge is 0.224 e. The number of nitriles is 1. The molecule has 1 aromatic heterocycles. The van der Waals surface area contributed by atoms with Crippen molar-refractivity contribution in [2.45, 2.75) is 6.92 Å². The number of nitrogens with one attached hydrogen (secondary N) is 1. The van der Waals surface area contributed by atoms with Gasteiger partial charge in [-0.05, 0) is 36.7 Å². The topological polar surface area (TPSA) is 87.6 Å². The van der Waals surface area contributed by atoms with Gasteiger partial charge in [-0.2, -0.15) is 10.2 Å². The molecular weight excluding hydrogens is 269 g/mol. The van der Waals surface area contributed by atoms with Crippen molar-refractivity contribution in [3.63, 3.8) is 0 Å². The number of rotatable bonds is 2. The Labute approximate surface area is 113 Å². The molecule has 2 aromatic rings. The van der Waals surface area contributed by atoms with Crippen molar-refractivity contribution >= 4 is 28.8 Å². The largest absolute Gasteiger partial charge is 0.394 e. The van der Waals surface area contributed by atoms with Gasteiger partial charge < -0.3 is 11.1 Å². The molecule has 0 amide bonds. The molecule has 0 aliphatic carbocycles. The number of nitrogen functional groups attached to an aromatic ring is 1. The first-order valence-corrected chi connectivity index (χ1v) is 5.65. The molecule has 0 atom stereocenters. The Morgan fingerprint density at radius 3 is 2.79 bits per heavy atom. The molecule has 0 fully saturated rings. The summed E-state index contributed by atoms with van der Waals surface area (Å²) in [4.78, 5) is 7.78. The molecule has 0 spiro atoms. The average molecular weight is 278 g/mol. The molecule has 96 valence electrons. The lowest BCUT2D eigenvalue weighted by Gasteiger charge is -2.10. The van der Waals surface area contributed by atoms with E-state index in [2.05, 4.69) is 15.3 Å². The number of aromatic nitrogens is 2. The molecule has 0 radical (unpaired) electrons. The molecule has 3 N–H and O–H groups in total. The van der Waals surface area contributed by atoms with E-state index in [0.717, 1.165) is 6.07 Å². The summed E-state index contributed by atoms with van der Waals surface area (Å²) < 4.78 is 13.7. The zero-order chi connectivity index (χ0) is 14.0. The molecule has 5 nitrogen and oxygen atoms in total. The van der Waals surface area contributed by atoms with Crippen LogP contribution in [0.15, 0.2) is 18.2 Å². The molecular formula is C12H9ClFN5. The van der Waals surface area contributed by atoms with E-state index < -0.39 is 5.82 Å². The number of anilines is 3. The fraction of sp³-hybridized carbons (Fsp3) is 0.0833. The van der Waals surface area contributed by atoms with E-state index in [1.54, 1.807) is 6.92 Å². The zero-order valence-corrected chi connectivity index (χ0v) is 10.7. The number of nitrogens with zero attached hydrogens (tertiary/aromatic N) is 3. The Hall–Kier alpha value is -2.39. The van der Waals surface area contributed by atoms with Crippen molar-refractivity contribution in [3.8, 4) is 6.07 Å². The molecule has 2 rings (SSSR count). The molecule has 0 saturated heterocycles. The number of nitrogens with two attached hydrogens (primary N) is 1. The van der Waals surface area contributed by atoms with Gasteiger partial charge in [0, 0.05) is 0 Å². The zero-order valence-electron chi connectivity index (χ0n) is 9.91. The van der Waals surface area contributed by atoms with Gasteiger partial charge in [-0.1, -0.05) is 0 Å². The highest BCUT2D eigenvalue weighted by atomic mass is 35.5. The van der Waals surface area contributed by atoms with E-state index in [1.165, 1.54) is 12.1 Å². The molecule has 1 aromatic carbocycles. The average Bonchev–Trinajstić information content (AvgIpc) is 2.37. The highest BCUT2D eigenvalue weighted by molar-refractivity contribution is 6.28. The molecule has 0 unspecified atom stereocenters.